The van der Waals surface area contributed by atoms with Crippen LogP contribution in [0.4, 0.5) is 0 Å². The number of rotatable bonds is 32. The molecule has 0 unspecified atom stereocenters. The summed E-state index contributed by atoms with van der Waals surface area (Å²) in [6.45, 7) is 0.871. The van der Waals surface area contributed by atoms with Crippen molar-refractivity contribution in [3.63, 3.8) is 0 Å². The van der Waals surface area contributed by atoms with Gasteiger partial charge in [0.2, 0.25) is 0 Å². The molecule has 0 aromatic carbocycles. The van der Waals surface area contributed by atoms with E-state index in [1.54, 1.807) is 6.92 Å². The molecule has 2 N–H and O–H groups in total. The second kappa shape index (κ2) is 30.4. The van der Waals surface area contributed by atoms with E-state index in [-0.39, 0.29) is 39.5 Å². The van der Waals surface area contributed by atoms with Crippen LogP contribution in [-0.4, -0.2) is 100 Å². The zero-order valence-electron chi connectivity index (χ0n) is 27.9. The molecule has 0 aliphatic carbocycles. The minimum Gasteiger partial charge on any atom is -0.463 e. The molecule has 0 radical (unpaired) electrons. The van der Waals surface area contributed by atoms with Crippen LogP contribution in [0.15, 0.2) is 0 Å². The highest BCUT2D eigenvalue weighted by atomic mass is 16.6. The molecule has 0 aromatic heterocycles. The van der Waals surface area contributed by atoms with E-state index < -0.39 is 62.3 Å². The predicted octanol–water partition coefficient (Wildman–Crippen LogP) is 4.44. The largest absolute Gasteiger partial charge is 0.463 e. The number of unbranched alkanes of at least 4 members (excludes halogenated alkanes) is 14. The first-order valence-corrected chi connectivity index (χ1v) is 16.9. The summed E-state index contributed by atoms with van der Waals surface area (Å²) in [7, 11) is 0. The number of hydrogen-bond acceptors (Lipinski definition) is 12. The third-order valence-corrected chi connectivity index (χ3v) is 7.37. The highest BCUT2D eigenvalue weighted by molar-refractivity contribution is 5.81. The number of aliphatic hydroxyl groups excluding tert-OH is 2. The Bertz CT molecular complexity index is 732. The Morgan fingerprint density at radius 3 is 1.29 bits per heavy atom. The van der Waals surface area contributed by atoms with E-state index in [4.69, 9.17) is 38.6 Å². The van der Waals surface area contributed by atoms with Gasteiger partial charge in [0.1, 0.15) is 31.8 Å². The van der Waals surface area contributed by atoms with E-state index in [2.05, 4.69) is 6.92 Å². The van der Waals surface area contributed by atoms with Gasteiger partial charge >= 0.3 is 23.9 Å². The molecule has 12 heteroatoms. The zero-order chi connectivity index (χ0) is 33.4. The van der Waals surface area contributed by atoms with E-state index in [1.807, 2.05) is 0 Å². The summed E-state index contributed by atoms with van der Waals surface area (Å²) >= 11 is 0. The molecule has 0 amide bonds. The van der Waals surface area contributed by atoms with Crippen molar-refractivity contribution in [2.75, 3.05) is 66.1 Å². The first-order chi connectivity index (χ1) is 21.8. The molecular formula is C33H60O12. The number of ether oxygens (including phenoxy) is 6. The fourth-order valence-electron chi connectivity index (χ4n) is 4.45. The van der Waals surface area contributed by atoms with Crippen LogP contribution in [0.5, 0.6) is 0 Å². The predicted molar refractivity (Wildman–Crippen MR) is 167 cm³/mol. The molecular weight excluding hydrogens is 588 g/mol. The standard InChI is InChI=1S/C33H60O12/c1-3-5-6-7-8-9-10-11-12-13-14-15-16-17-18-21-42-31(38)26-43-32(39)33(4-2,27-44-29(36)24-40-22-19-34)28-45-30(37)25-41-23-20-35/h34-35H,3-28H2,1-2H3. The third kappa shape index (κ3) is 24.6. The molecule has 45 heavy (non-hydrogen) atoms. The normalized spacial score (nSPS) is 11.3. The van der Waals surface area contributed by atoms with Crippen LogP contribution in [0.25, 0.3) is 0 Å². The van der Waals surface area contributed by atoms with Gasteiger partial charge in [-0.1, -0.05) is 104 Å². The summed E-state index contributed by atoms with van der Waals surface area (Å²) in [5.41, 5.74) is -1.59. The topological polar surface area (TPSA) is 164 Å². The van der Waals surface area contributed by atoms with Crippen LogP contribution in [0, 0.1) is 5.41 Å². The molecule has 0 fully saturated rings. The fourth-order valence-corrected chi connectivity index (χ4v) is 4.45. The van der Waals surface area contributed by atoms with Crippen LogP contribution in [0.3, 0.4) is 0 Å². The molecule has 0 aromatic rings. The molecule has 12 nitrogen and oxygen atoms in total. The van der Waals surface area contributed by atoms with Crippen molar-refractivity contribution in [3.05, 3.63) is 0 Å². The van der Waals surface area contributed by atoms with Gasteiger partial charge in [-0.05, 0) is 12.8 Å². The second-order valence-electron chi connectivity index (χ2n) is 11.3. The minimum atomic E-state index is -1.59. The van der Waals surface area contributed by atoms with Crippen LogP contribution >= 0.6 is 0 Å². The molecule has 0 spiro atoms. The van der Waals surface area contributed by atoms with E-state index in [0.29, 0.717) is 0 Å². The summed E-state index contributed by atoms with van der Waals surface area (Å²) in [4.78, 5) is 49.2. The molecule has 0 aliphatic rings. The van der Waals surface area contributed by atoms with Crippen molar-refractivity contribution in [1.29, 1.82) is 0 Å². The quantitative estimate of drug-likeness (QED) is 0.0599. The monoisotopic (exact) mass is 648 g/mol. The van der Waals surface area contributed by atoms with Crippen LogP contribution in [-0.2, 0) is 47.6 Å². The van der Waals surface area contributed by atoms with Crippen LogP contribution < -0.4 is 0 Å². The van der Waals surface area contributed by atoms with Crippen LogP contribution in [0.2, 0.25) is 0 Å². The summed E-state index contributed by atoms with van der Waals surface area (Å²) in [6.07, 6.45) is 18.6. The van der Waals surface area contributed by atoms with Crippen molar-refractivity contribution in [2.24, 2.45) is 5.41 Å². The lowest BCUT2D eigenvalue weighted by molar-refractivity contribution is -0.178. The Morgan fingerprint density at radius 2 is 0.889 bits per heavy atom. The number of esters is 4. The van der Waals surface area contributed by atoms with Gasteiger partial charge in [0.25, 0.3) is 0 Å². The SMILES string of the molecule is CCCCCCCCCCCCCCCCCOC(=O)COC(=O)C(CC)(COC(=O)COCCO)COC(=O)COCCO. The fraction of sp³-hybridized carbons (Fsp3) is 0.879. The summed E-state index contributed by atoms with van der Waals surface area (Å²) in [5.74, 6) is -3.20. The second-order valence-corrected chi connectivity index (χ2v) is 11.3. The van der Waals surface area contributed by atoms with Crippen molar-refractivity contribution < 1.29 is 57.8 Å². The van der Waals surface area contributed by atoms with Crippen molar-refractivity contribution in [1.82, 2.24) is 0 Å². The maximum atomic E-state index is 13.0. The highest BCUT2D eigenvalue weighted by Gasteiger charge is 2.42. The van der Waals surface area contributed by atoms with Gasteiger partial charge in [0.15, 0.2) is 6.61 Å². The van der Waals surface area contributed by atoms with E-state index in [9.17, 15) is 19.2 Å². The molecule has 0 saturated heterocycles. The lowest BCUT2D eigenvalue weighted by atomic mass is 9.87. The summed E-state index contributed by atoms with van der Waals surface area (Å²) in [5, 5.41) is 17.5. The van der Waals surface area contributed by atoms with E-state index in [0.717, 1.165) is 25.7 Å². The molecule has 0 rings (SSSR count). The van der Waals surface area contributed by atoms with Gasteiger partial charge < -0.3 is 38.6 Å². The number of aliphatic hydroxyl groups is 2. The third-order valence-electron chi connectivity index (χ3n) is 7.37. The summed E-state index contributed by atoms with van der Waals surface area (Å²) in [6, 6.07) is 0. The van der Waals surface area contributed by atoms with Gasteiger partial charge in [-0.25, -0.2) is 14.4 Å². The molecule has 0 bridgehead atoms. The Hall–Kier alpha value is -2.28. The number of carbonyl (C=O) groups excluding carboxylic acids is 4. The Morgan fingerprint density at radius 1 is 0.489 bits per heavy atom. The highest BCUT2D eigenvalue weighted by Crippen LogP contribution is 2.26. The lowest BCUT2D eigenvalue weighted by Crippen LogP contribution is -2.43. The van der Waals surface area contributed by atoms with Crippen molar-refractivity contribution >= 4 is 23.9 Å². The van der Waals surface area contributed by atoms with Crippen molar-refractivity contribution in [2.45, 2.75) is 117 Å². The smallest absolute Gasteiger partial charge is 0.344 e. The Kier molecular flexibility index (Phi) is 28.8. The zero-order valence-corrected chi connectivity index (χ0v) is 27.9. The Balaban J connectivity index is 4.35. The minimum absolute atomic E-state index is 0.0512. The average Bonchev–Trinajstić information content (AvgIpc) is 3.04. The number of hydrogen-bond donors (Lipinski definition) is 2. The van der Waals surface area contributed by atoms with E-state index in [1.165, 1.54) is 70.6 Å². The maximum Gasteiger partial charge on any atom is 0.344 e. The van der Waals surface area contributed by atoms with Gasteiger partial charge in [-0.2, -0.15) is 0 Å². The van der Waals surface area contributed by atoms with Gasteiger partial charge in [0, 0.05) is 0 Å². The molecule has 0 saturated carbocycles. The molecule has 0 heterocycles. The molecule has 0 atom stereocenters. The van der Waals surface area contributed by atoms with Crippen molar-refractivity contribution in [3.8, 4) is 0 Å². The summed E-state index contributed by atoms with van der Waals surface area (Å²) < 4.78 is 30.5. The first kappa shape index (κ1) is 42.7. The first-order valence-electron chi connectivity index (χ1n) is 16.9. The van der Waals surface area contributed by atoms with Gasteiger partial charge in [-0.15, -0.1) is 0 Å². The molecule has 0 aliphatic heterocycles. The van der Waals surface area contributed by atoms with Gasteiger partial charge in [-0.3, -0.25) is 4.79 Å². The lowest BCUT2D eigenvalue weighted by Gasteiger charge is -2.29. The van der Waals surface area contributed by atoms with E-state index >= 15 is 0 Å². The van der Waals surface area contributed by atoms with Gasteiger partial charge in [0.05, 0.1) is 33.0 Å². The number of carbonyl (C=O) groups is 4. The average molecular weight is 649 g/mol. The maximum absolute atomic E-state index is 13.0. The molecule has 264 valence electrons. The van der Waals surface area contributed by atoms with Crippen LogP contribution in [0.1, 0.15) is 117 Å². The Labute approximate surface area is 269 Å².